The Morgan fingerprint density at radius 2 is 1.48 bits per heavy atom. The summed E-state index contributed by atoms with van der Waals surface area (Å²) in [7, 11) is 0. The molecule has 0 atom stereocenters. The van der Waals surface area contributed by atoms with Crippen LogP contribution in [0.3, 0.4) is 0 Å². The number of carbonyl (C=O) groups excluding carboxylic acids is 1. The Hall–Kier alpha value is -2.97. The van der Waals surface area contributed by atoms with E-state index in [1.165, 1.54) is 12.1 Å². The average molecular weight is 442 g/mol. The monoisotopic (exact) mass is 441 g/mol. The number of nitrogens with zero attached hydrogens (tertiary/aromatic N) is 1. The van der Waals surface area contributed by atoms with Gasteiger partial charge in [0, 0.05) is 22.6 Å². The highest BCUT2D eigenvalue weighted by molar-refractivity contribution is 6.32. The Morgan fingerprint density at radius 1 is 0.931 bits per heavy atom. The fraction of sp³-hybridized carbons (Fsp3) is 0.0526. The van der Waals surface area contributed by atoms with Crippen LogP contribution in [0, 0.1) is 0 Å². The van der Waals surface area contributed by atoms with Gasteiger partial charge >= 0.3 is 12.2 Å². The minimum absolute atomic E-state index is 0.166. The molecule has 3 rings (SSSR count). The van der Waals surface area contributed by atoms with Crippen molar-refractivity contribution in [3.63, 3.8) is 0 Å². The first-order chi connectivity index (χ1) is 13.7. The van der Waals surface area contributed by atoms with Crippen molar-refractivity contribution in [3.05, 3.63) is 76.4 Å². The third-order valence-electron chi connectivity index (χ3n) is 3.56. The van der Waals surface area contributed by atoms with E-state index in [2.05, 4.69) is 15.6 Å². The average Bonchev–Trinajstić information content (AvgIpc) is 2.66. The summed E-state index contributed by atoms with van der Waals surface area (Å²) in [5, 5.41) is 5.54. The number of alkyl halides is 3. The van der Waals surface area contributed by atoms with E-state index in [9.17, 15) is 18.0 Å². The summed E-state index contributed by atoms with van der Waals surface area (Å²) >= 11 is 11.6. The molecule has 1 heterocycles. The molecule has 0 aliphatic carbocycles. The van der Waals surface area contributed by atoms with Crippen molar-refractivity contribution in [2.45, 2.75) is 6.18 Å². The highest BCUT2D eigenvalue weighted by Crippen LogP contribution is 2.34. The van der Waals surface area contributed by atoms with Crippen molar-refractivity contribution in [1.82, 2.24) is 4.98 Å². The van der Waals surface area contributed by atoms with E-state index in [1.807, 2.05) is 0 Å². The first-order valence-corrected chi connectivity index (χ1v) is 8.80. The summed E-state index contributed by atoms with van der Waals surface area (Å²) in [6.07, 6.45) is -3.91. The molecule has 2 amide bonds. The number of rotatable bonds is 4. The zero-order valence-corrected chi connectivity index (χ0v) is 15.9. The molecule has 5 nitrogen and oxygen atoms in total. The third-order valence-corrected chi connectivity index (χ3v) is 4.09. The minimum atomic E-state index is -4.55. The van der Waals surface area contributed by atoms with Gasteiger partial charge in [-0.05, 0) is 54.6 Å². The number of halogens is 5. The fourth-order valence-electron chi connectivity index (χ4n) is 2.20. The van der Waals surface area contributed by atoms with Gasteiger partial charge in [0.15, 0.2) is 0 Å². The predicted octanol–water partition coefficient (Wildman–Crippen LogP) is 6.84. The number of urea groups is 1. The summed E-state index contributed by atoms with van der Waals surface area (Å²) in [5.74, 6) is 0.115. The largest absolute Gasteiger partial charge is 0.438 e. The van der Waals surface area contributed by atoms with Crippen LogP contribution in [-0.4, -0.2) is 11.0 Å². The molecule has 150 valence electrons. The normalized spacial score (nSPS) is 11.1. The smallest absolute Gasteiger partial charge is 0.417 e. The lowest BCUT2D eigenvalue weighted by atomic mass is 10.3. The van der Waals surface area contributed by atoms with E-state index in [4.69, 9.17) is 27.9 Å². The molecule has 1 aromatic heterocycles. The SMILES string of the molecule is O=C(Nc1ccc(Cl)cc1)Nc1ccc(Oc2ncc(C(F)(F)F)cc2Cl)cc1. The summed E-state index contributed by atoms with van der Waals surface area (Å²) in [4.78, 5) is 15.6. The van der Waals surface area contributed by atoms with Gasteiger partial charge in [-0.2, -0.15) is 13.2 Å². The Kier molecular flexibility index (Phi) is 6.14. The van der Waals surface area contributed by atoms with Gasteiger partial charge in [0.05, 0.1) is 5.56 Å². The van der Waals surface area contributed by atoms with E-state index in [0.29, 0.717) is 22.6 Å². The van der Waals surface area contributed by atoms with Crippen LogP contribution in [0.1, 0.15) is 5.56 Å². The maximum absolute atomic E-state index is 12.6. The summed E-state index contributed by atoms with van der Waals surface area (Å²) < 4.78 is 43.3. The summed E-state index contributed by atoms with van der Waals surface area (Å²) in [5.41, 5.74) is 0.0614. The van der Waals surface area contributed by atoms with Gasteiger partial charge in [0.1, 0.15) is 10.8 Å². The Balaban J connectivity index is 1.61. The molecule has 2 N–H and O–H groups in total. The first kappa shape index (κ1) is 20.8. The van der Waals surface area contributed by atoms with E-state index in [1.54, 1.807) is 36.4 Å². The number of hydrogen-bond acceptors (Lipinski definition) is 3. The number of carbonyl (C=O) groups is 1. The first-order valence-electron chi connectivity index (χ1n) is 8.05. The molecule has 0 aliphatic heterocycles. The second kappa shape index (κ2) is 8.59. The Bertz CT molecular complexity index is 1010. The number of nitrogens with one attached hydrogen (secondary N) is 2. The lowest BCUT2D eigenvalue weighted by molar-refractivity contribution is -0.137. The van der Waals surface area contributed by atoms with Crippen molar-refractivity contribution < 1.29 is 22.7 Å². The fourth-order valence-corrected chi connectivity index (χ4v) is 2.53. The second-order valence-corrected chi connectivity index (χ2v) is 6.56. The topological polar surface area (TPSA) is 63.2 Å². The van der Waals surface area contributed by atoms with Crippen LogP contribution in [0.4, 0.5) is 29.3 Å². The van der Waals surface area contributed by atoms with E-state index >= 15 is 0 Å². The molecule has 0 radical (unpaired) electrons. The second-order valence-electron chi connectivity index (χ2n) is 5.72. The van der Waals surface area contributed by atoms with Gasteiger partial charge in [0.2, 0.25) is 5.88 Å². The van der Waals surface area contributed by atoms with Gasteiger partial charge in [-0.25, -0.2) is 9.78 Å². The standard InChI is InChI=1S/C19H12Cl2F3N3O2/c20-12-1-3-13(4-2-12)26-18(28)27-14-5-7-15(8-6-14)29-17-16(21)9-11(10-25-17)19(22,23)24/h1-10H,(H2,26,27,28). The molecule has 29 heavy (non-hydrogen) atoms. The number of hydrogen-bond donors (Lipinski definition) is 2. The molecule has 0 bridgehead atoms. The van der Waals surface area contributed by atoms with Crippen LogP contribution >= 0.6 is 23.2 Å². The summed E-state index contributed by atoms with van der Waals surface area (Å²) in [6, 6.07) is 13.0. The number of amides is 2. The predicted molar refractivity (Wildman–Crippen MR) is 105 cm³/mol. The number of pyridine rings is 1. The van der Waals surface area contributed by atoms with Gasteiger partial charge in [-0.1, -0.05) is 23.2 Å². The van der Waals surface area contributed by atoms with Crippen LogP contribution in [-0.2, 0) is 6.18 Å². The summed E-state index contributed by atoms with van der Waals surface area (Å²) in [6.45, 7) is 0. The third kappa shape index (κ3) is 5.75. The maximum atomic E-state index is 12.6. The Labute approximate surface area is 173 Å². The van der Waals surface area contributed by atoms with Crippen LogP contribution in [0.25, 0.3) is 0 Å². The van der Waals surface area contributed by atoms with Crippen LogP contribution < -0.4 is 15.4 Å². The maximum Gasteiger partial charge on any atom is 0.417 e. The number of benzene rings is 2. The molecule has 2 aromatic carbocycles. The quantitative estimate of drug-likeness (QED) is 0.465. The molecule has 10 heteroatoms. The molecule has 0 unspecified atom stereocenters. The number of ether oxygens (including phenoxy) is 1. The van der Waals surface area contributed by atoms with E-state index in [-0.39, 0.29) is 16.7 Å². The van der Waals surface area contributed by atoms with Crippen molar-refractivity contribution >= 4 is 40.6 Å². The molecule has 0 spiro atoms. The number of aromatic nitrogens is 1. The highest BCUT2D eigenvalue weighted by Gasteiger charge is 2.31. The Morgan fingerprint density at radius 3 is 2.00 bits per heavy atom. The minimum Gasteiger partial charge on any atom is -0.438 e. The van der Waals surface area contributed by atoms with Gasteiger partial charge < -0.3 is 15.4 Å². The zero-order valence-electron chi connectivity index (χ0n) is 14.4. The molecule has 0 fully saturated rings. The van der Waals surface area contributed by atoms with Crippen molar-refractivity contribution in [2.24, 2.45) is 0 Å². The lowest BCUT2D eigenvalue weighted by Gasteiger charge is -2.11. The van der Waals surface area contributed by atoms with Crippen molar-refractivity contribution in [3.8, 4) is 11.6 Å². The lowest BCUT2D eigenvalue weighted by Crippen LogP contribution is -2.19. The van der Waals surface area contributed by atoms with Crippen LogP contribution in [0.2, 0.25) is 10.0 Å². The van der Waals surface area contributed by atoms with E-state index in [0.717, 1.165) is 6.07 Å². The van der Waals surface area contributed by atoms with Gasteiger partial charge in [0.25, 0.3) is 0 Å². The molecule has 0 aliphatic rings. The van der Waals surface area contributed by atoms with Crippen molar-refractivity contribution in [2.75, 3.05) is 10.6 Å². The molecular weight excluding hydrogens is 430 g/mol. The van der Waals surface area contributed by atoms with Crippen LogP contribution in [0.5, 0.6) is 11.6 Å². The molecule has 0 saturated heterocycles. The number of anilines is 2. The molecule has 0 saturated carbocycles. The van der Waals surface area contributed by atoms with Gasteiger partial charge in [-0.3, -0.25) is 0 Å². The van der Waals surface area contributed by atoms with E-state index < -0.39 is 17.8 Å². The van der Waals surface area contributed by atoms with Gasteiger partial charge in [-0.15, -0.1) is 0 Å². The molecule has 3 aromatic rings. The zero-order chi connectivity index (χ0) is 21.0. The highest BCUT2D eigenvalue weighted by atomic mass is 35.5. The van der Waals surface area contributed by atoms with Crippen LogP contribution in [0.15, 0.2) is 60.8 Å². The van der Waals surface area contributed by atoms with Crippen molar-refractivity contribution in [1.29, 1.82) is 0 Å². The molecular formula is C19H12Cl2F3N3O2.